The van der Waals surface area contributed by atoms with Gasteiger partial charge in [0.15, 0.2) is 0 Å². The summed E-state index contributed by atoms with van der Waals surface area (Å²) >= 11 is 0. The summed E-state index contributed by atoms with van der Waals surface area (Å²) in [7, 11) is 0. The van der Waals surface area contributed by atoms with Crippen LogP contribution in [0.4, 0.5) is 5.69 Å². The minimum atomic E-state index is -0.00165. The summed E-state index contributed by atoms with van der Waals surface area (Å²) in [4.78, 5) is 2.43. The van der Waals surface area contributed by atoms with Crippen LogP contribution in [0.15, 0.2) is 30.3 Å². The quantitative estimate of drug-likeness (QED) is 0.725. The van der Waals surface area contributed by atoms with Crippen LogP contribution in [-0.4, -0.2) is 24.8 Å². The Bertz CT molecular complexity index is 338. The number of rotatable bonds is 9. The SMILES string of the molecule is CCCCN(CC(C)(CO)CCC)c1ccccc1. The number of aliphatic hydroxyl groups is 1. The standard InChI is InChI=1S/C17H29NO/c1-4-6-13-18(16-10-8-7-9-11-16)14-17(3,15-19)12-5-2/h7-11,19H,4-6,12-15H2,1-3H3. The zero-order chi connectivity index (χ0) is 14.1. The molecule has 0 heterocycles. The summed E-state index contributed by atoms with van der Waals surface area (Å²) in [6.07, 6.45) is 4.59. The topological polar surface area (TPSA) is 23.5 Å². The van der Waals surface area contributed by atoms with Crippen molar-refractivity contribution in [3.63, 3.8) is 0 Å². The molecule has 0 spiro atoms. The van der Waals surface area contributed by atoms with Crippen LogP contribution in [0.3, 0.4) is 0 Å². The molecule has 0 fully saturated rings. The van der Waals surface area contributed by atoms with Gasteiger partial charge >= 0.3 is 0 Å². The van der Waals surface area contributed by atoms with Crippen LogP contribution < -0.4 is 4.90 Å². The Morgan fingerprint density at radius 1 is 1.11 bits per heavy atom. The van der Waals surface area contributed by atoms with Gasteiger partial charge in [-0.05, 0) is 25.0 Å². The van der Waals surface area contributed by atoms with E-state index in [2.05, 4.69) is 56.0 Å². The molecule has 1 N–H and O–H groups in total. The third kappa shape index (κ3) is 5.23. The monoisotopic (exact) mass is 263 g/mol. The molecule has 1 atom stereocenters. The van der Waals surface area contributed by atoms with Crippen molar-refractivity contribution in [1.82, 2.24) is 0 Å². The van der Waals surface area contributed by atoms with Gasteiger partial charge in [0.1, 0.15) is 0 Å². The Kier molecular flexibility index (Phi) is 6.93. The van der Waals surface area contributed by atoms with Crippen LogP contribution in [-0.2, 0) is 0 Å². The molecule has 1 aromatic carbocycles. The first-order valence-corrected chi connectivity index (χ1v) is 7.56. The van der Waals surface area contributed by atoms with Gasteiger partial charge in [-0.15, -0.1) is 0 Å². The summed E-state index contributed by atoms with van der Waals surface area (Å²) in [5.41, 5.74) is 1.27. The lowest BCUT2D eigenvalue weighted by Gasteiger charge is -2.35. The summed E-state index contributed by atoms with van der Waals surface area (Å²) in [6.45, 7) is 8.86. The Morgan fingerprint density at radius 2 is 1.79 bits per heavy atom. The molecule has 2 nitrogen and oxygen atoms in total. The first-order chi connectivity index (χ1) is 9.15. The van der Waals surface area contributed by atoms with Gasteiger partial charge in [-0.3, -0.25) is 0 Å². The Labute approximate surface area is 118 Å². The van der Waals surface area contributed by atoms with E-state index in [0.29, 0.717) is 0 Å². The van der Waals surface area contributed by atoms with Crippen molar-refractivity contribution in [2.45, 2.75) is 46.5 Å². The average molecular weight is 263 g/mol. The van der Waals surface area contributed by atoms with Crippen LogP contribution in [0, 0.1) is 5.41 Å². The van der Waals surface area contributed by atoms with E-state index >= 15 is 0 Å². The predicted octanol–water partition coefficient (Wildman–Crippen LogP) is 4.09. The third-order valence-electron chi connectivity index (χ3n) is 3.71. The molecule has 0 radical (unpaired) electrons. The highest BCUT2D eigenvalue weighted by Crippen LogP contribution is 2.27. The van der Waals surface area contributed by atoms with Crippen LogP contribution in [0.5, 0.6) is 0 Å². The number of nitrogens with zero attached hydrogens (tertiary/aromatic N) is 1. The van der Waals surface area contributed by atoms with Crippen LogP contribution in [0.1, 0.15) is 46.5 Å². The van der Waals surface area contributed by atoms with Gasteiger partial charge in [0.2, 0.25) is 0 Å². The highest BCUT2D eigenvalue weighted by atomic mass is 16.3. The van der Waals surface area contributed by atoms with E-state index in [1.165, 1.54) is 18.5 Å². The molecule has 0 bridgehead atoms. The van der Waals surface area contributed by atoms with Gasteiger partial charge in [-0.25, -0.2) is 0 Å². The molecule has 1 rings (SSSR count). The molecule has 0 aliphatic rings. The fraction of sp³-hybridized carbons (Fsp3) is 0.647. The summed E-state index contributed by atoms with van der Waals surface area (Å²) in [5, 5.41) is 9.71. The highest BCUT2D eigenvalue weighted by Gasteiger charge is 2.25. The molecule has 1 aromatic rings. The van der Waals surface area contributed by atoms with Gasteiger partial charge in [0.25, 0.3) is 0 Å². The lowest BCUT2D eigenvalue weighted by Crippen LogP contribution is -2.39. The predicted molar refractivity (Wildman–Crippen MR) is 83.7 cm³/mol. The molecule has 0 aliphatic carbocycles. The number of para-hydroxylation sites is 1. The largest absolute Gasteiger partial charge is 0.396 e. The minimum Gasteiger partial charge on any atom is -0.396 e. The van der Waals surface area contributed by atoms with Gasteiger partial charge in [-0.2, -0.15) is 0 Å². The molecule has 1 unspecified atom stereocenters. The maximum atomic E-state index is 9.71. The smallest absolute Gasteiger partial charge is 0.0501 e. The van der Waals surface area contributed by atoms with Gasteiger partial charge in [0, 0.05) is 24.2 Å². The maximum Gasteiger partial charge on any atom is 0.0501 e. The number of benzene rings is 1. The lowest BCUT2D eigenvalue weighted by atomic mass is 9.85. The fourth-order valence-corrected chi connectivity index (χ4v) is 2.56. The molecule has 19 heavy (non-hydrogen) atoms. The number of hydrogen-bond donors (Lipinski definition) is 1. The molecule has 0 aliphatic heterocycles. The zero-order valence-electron chi connectivity index (χ0n) is 12.7. The van der Waals surface area contributed by atoms with E-state index in [-0.39, 0.29) is 12.0 Å². The number of aliphatic hydroxyl groups excluding tert-OH is 1. The molecule has 0 saturated carbocycles. The van der Waals surface area contributed by atoms with E-state index in [1.807, 2.05) is 0 Å². The first-order valence-electron chi connectivity index (χ1n) is 7.56. The Morgan fingerprint density at radius 3 is 2.32 bits per heavy atom. The molecular weight excluding hydrogens is 234 g/mol. The van der Waals surface area contributed by atoms with E-state index in [9.17, 15) is 5.11 Å². The van der Waals surface area contributed by atoms with E-state index in [4.69, 9.17) is 0 Å². The van der Waals surface area contributed by atoms with Crippen LogP contribution in [0.2, 0.25) is 0 Å². The first kappa shape index (κ1) is 16.0. The summed E-state index contributed by atoms with van der Waals surface area (Å²) in [6, 6.07) is 10.6. The van der Waals surface area contributed by atoms with Crippen molar-refractivity contribution in [3.8, 4) is 0 Å². The van der Waals surface area contributed by atoms with E-state index in [1.54, 1.807) is 0 Å². The van der Waals surface area contributed by atoms with Crippen molar-refractivity contribution in [3.05, 3.63) is 30.3 Å². The lowest BCUT2D eigenvalue weighted by molar-refractivity contribution is 0.136. The van der Waals surface area contributed by atoms with Crippen molar-refractivity contribution < 1.29 is 5.11 Å². The van der Waals surface area contributed by atoms with Gasteiger partial charge in [0.05, 0.1) is 6.61 Å². The minimum absolute atomic E-state index is 0.00165. The second kappa shape index (κ2) is 8.21. The normalized spacial score (nSPS) is 14.1. The van der Waals surface area contributed by atoms with Gasteiger partial charge < -0.3 is 10.0 Å². The number of unbranched alkanes of at least 4 members (excludes halogenated alkanes) is 1. The third-order valence-corrected chi connectivity index (χ3v) is 3.71. The fourth-order valence-electron chi connectivity index (χ4n) is 2.56. The van der Waals surface area contributed by atoms with Crippen LogP contribution >= 0.6 is 0 Å². The van der Waals surface area contributed by atoms with Gasteiger partial charge in [-0.1, -0.05) is 51.8 Å². The number of anilines is 1. The summed E-state index contributed by atoms with van der Waals surface area (Å²) < 4.78 is 0. The second-order valence-corrected chi connectivity index (χ2v) is 5.83. The number of hydrogen-bond acceptors (Lipinski definition) is 2. The van der Waals surface area contributed by atoms with Crippen LogP contribution in [0.25, 0.3) is 0 Å². The molecule has 0 amide bonds. The van der Waals surface area contributed by atoms with Crippen molar-refractivity contribution >= 4 is 5.69 Å². The Balaban J connectivity index is 2.79. The highest BCUT2D eigenvalue weighted by molar-refractivity contribution is 5.46. The molecule has 2 heteroatoms. The summed E-state index contributed by atoms with van der Waals surface area (Å²) in [5.74, 6) is 0. The van der Waals surface area contributed by atoms with E-state index in [0.717, 1.165) is 25.9 Å². The molecule has 108 valence electrons. The molecule has 0 aromatic heterocycles. The van der Waals surface area contributed by atoms with E-state index < -0.39 is 0 Å². The van der Waals surface area contributed by atoms with Crippen molar-refractivity contribution in [2.75, 3.05) is 24.6 Å². The maximum absolute atomic E-state index is 9.71. The zero-order valence-corrected chi connectivity index (χ0v) is 12.7. The average Bonchev–Trinajstić information content (AvgIpc) is 2.45. The molecule has 0 saturated heterocycles. The molecular formula is C17H29NO. The van der Waals surface area contributed by atoms with Crippen molar-refractivity contribution in [1.29, 1.82) is 0 Å². The Hall–Kier alpha value is -1.02. The second-order valence-electron chi connectivity index (χ2n) is 5.83. The van der Waals surface area contributed by atoms with Crippen molar-refractivity contribution in [2.24, 2.45) is 5.41 Å².